The molecule has 1 aromatic rings. The Bertz CT molecular complexity index is 441. The highest BCUT2D eigenvalue weighted by Gasteiger charge is 2.39. The fourth-order valence-electron chi connectivity index (χ4n) is 3.71. The zero-order valence-electron chi connectivity index (χ0n) is 13.8. The molecule has 1 aliphatic carbocycles. The summed E-state index contributed by atoms with van der Waals surface area (Å²) in [5.41, 5.74) is 1.51. The summed E-state index contributed by atoms with van der Waals surface area (Å²) in [6.07, 6.45) is 3.80. The topological polar surface area (TPSA) is 15.3 Å². The van der Waals surface area contributed by atoms with Crippen molar-refractivity contribution < 1.29 is 4.39 Å². The summed E-state index contributed by atoms with van der Waals surface area (Å²) in [6, 6.07) is 7.94. The van der Waals surface area contributed by atoms with Crippen LogP contribution in [0.5, 0.6) is 0 Å². The van der Waals surface area contributed by atoms with Crippen molar-refractivity contribution >= 4 is 0 Å². The number of nitrogens with zero attached hydrogens (tertiary/aromatic N) is 1. The minimum absolute atomic E-state index is 0.161. The summed E-state index contributed by atoms with van der Waals surface area (Å²) < 4.78 is 13.0. The molecule has 3 heteroatoms. The lowest BCUT2D eigenvalue weighted by atomic mass is 9.70. The second kappa shape index (κ2) is 6.89. The molecule has 0 spiro atoms. The van der Waals surface area contributed by atoms with Gasteiger partial charge in [-0.1, -0.05) is 39.3 Å². The van der Waals surface area contributed by atoms with Gasteiger partial charge in [0, 0.05) is 18.6 Å². The number of rotatable bonds is 5. The SMILES string of the molecule is CCNC1C(N(C)Cc2ccc(F)cc2)CCCC1(C)C. The normalized spacial score (nSPS) is 25.2. The molecule has 1 fully saturated rings. The number of hydrogen-bond acceptors (Lipinski definition) is 2. The molecule has 0 aromatic heterocycles. The van der Waals surface area contributed by atoms with Crippen molar-refractivity contribution in [2.75, 3.05) is 13.6 Å². The number of likely N-dealkylation sites (N-methyl/N-ethyl adjacent to an activating group) is 2. The third-order valence-electron chi connectivity index (χ3n) is 4.88. The van der Waals surface area contributed by atoms with Crippen molar-refractivity contribution in [2.24, 2.45) is 5.41 Å². The van der Waals surface area contributed by atoms with Crippen molar-refractivity contribution in [1.82, 2.24) is 10.2 Å². The number of halogens is 1. The molecule has 0 amide bonds. The lowest BCUT2D eigenvalue weighted by Gasteiger charge is -2.48. The van der Waals surface area contributed by atoms with Gasteiger partial charge in [0.1, 0.15) is 5.82 Å². The minimum Gasteiger partial charge on any atom is -0.312 e. The summed E-state index contributed by atoms with van der Waals surface area (Å²) in [7, 11) is 2.19. The Morgan fingerprint density at radius 3 is 2.57 bits per heavy atom. The van der Waals surface area contributed by atoms with E-state index in [1.54, 1.807) is 12.1 Å². The minimum atomic E-state index is -0.161. The highest BCUT2D eigenvalue weighted by molar-refractivity contribution is 5.16. The smallest absolute Gasteiger partial charge is 0.123 e. The zero-order valence-corrected chi connectivity index (χ0v) is 13.8. The van der Waals surface area contributed by atoms with E-state index in [1.807, 2.05) is 12.1 Å². The molecule has 2 unspecified atom stereocenters. The van der Waals surface area contributed by atoms with Gasteiger partial charge in [0.05, 0.1) is 0 Å². The number of hydrogen-bond donors (Lipinski definition) is 1. The Labute approximate surface area is 128 Å². The quantitative estimate of drug-likeness (QED) is 0.887. The molecule has 1 aromatic carbocycles. The maximum Gasteiger partial charge on any atom is 0.123 e. The Balaban J connectivity index is 2.08. The van der Waals surface area contributed by atoms with Gasteiger partial charge in [0.25, 0.3) is 0 Å². The molecule has 0 heterocycles. The van der Waals surface area contributed by atoms with E-state index in [9.17, 15) is 4.39 Å². The van der Waals surface area contributed by atoms with Crippen molar-refractivity contribution in [3.63, 3.8) is 0 Å². The van der Waals surface area contributed by atoms with Crippen LogP contribution in [0.25, 0.3) is 0 Å². The van der Waals surface area contributed by atoms with E-state index in [-0.39, 0.29) is 5.82 Å². The van der Waals surface area contributed by atoms with Crippen LogP contribution in [0, 0.1) is 11.2 Å². The average molecular weight is 292 g/mol. The van der Waals surface area contributed by atoms with Crippen molar-refractivity contribution in [1.29, 1.82) is 0 Å². The number of nitrogens with one attached hydrogen (secondary N) is 1. The van der Waals surface area contributed by atoms with E-state index in [1.165, 1.54) is 24.8 Å². The van der Waals surface area contributed by atoms with E-state index < -0.39 is 0 Å². The Hall–Kier alpha value is -0.930. The van der Waals surface area contributed by atoms with Gasteiger partial charge in [-0.05, 0) is 49.5 Å². The van der Waals surface area contributed by atoms with Gasteiger partial charge in [0.2, 0.25) is 0 Å². The predicted octanol–water partition coefficient (Wildman–Crippen LogP) is 3.81. The van der Waals surface area contributed by atoms with Gasteiger partial charge < -0.3 is 5.32 Å². The van der Waals surface area contributed by atoms with Crippen molar-refractivity contribution in [3.8, 4) is 0 Å². The summed E-state index contributed by atoms with van der Waals surface area (Å²) >= 11 is 0. The molecular weight excluding hydrogens is 263 g/mol. The lowest BCUT2D eigenvalue weighted by molar-refractivity contribution is 0.0598. The molecule has 2 rings (SSSR count). The highest BCUT2D eigenvalue weighted by atomic mass is 19.1. The highest BCUT2D eigenvalue weighted by Crippen LogP contribution is 2.37. The third-order valence-corrected chi connectivity index (χ3v) is 4.88. The first-order valence-electron chi connectivity index (χ1n) is 8.12. The first-order valence-corrected chi connectivity index (χ1v) is 8.12. The standard InChI is InChI=1S/C18H29FN2/c1-5-20-17-16(7-6-12-18(17,2)3)21(4)13-14-8-10-15(19)11-9-14/h8-11,16-17,20H,5-7,12-13H2,1-4H3. The summed E-state index contributed by atoms with van der Waals surface area (Å²) in [4.78, 5) is 2.43. The largest absolute Gasteiger partial charge is 0.312 e. The average Bonchev–Trinajstić information content (AvgIpc) is 2.43. The van der Waals surface area contributed by atoms with Crippen LogP contribution in [-0.4, -0.2) is 30.6 Å². The maximum absolute atomic E-state index is 13.0. The molecule has 2 atom stereocenters. The van der Waals surface area contributed by atoms with Gasteiger partial charge in [-0.3, -0.25) is 4.90 Å². The monoisotopic (exact) mass is 292 g/mol. The van der Waals surface area contributed by atoms with Gasteiger partial charge in [-0.25, -0.2) is 4.39 Å². The lowest BCUT2D eigenvalue weighted by Crippen LogP contribution is -2.57. The molecule has 118 valence electrons. The molecule has 1 N–H and O–H groups in total. The first-order chi connectivity index (χ1) is 9.94. The van der Waals surface area contributed by atoms with E-state index in [0.717, 1.165) is 13.1 Å². The van der Waals surface area contributed by atoms with Gasteiger partial charge in [0.15, 0.2) is 0 Å². The molecule has 2 nitrogen and oxygen atoms in total. The third kappa shape index (κ3) is 4.04. The predicted molar refractivity (Wildman–Crippen MR) is 86.8 cm³/mol. The molecule has 21 heavy (non-hydrogen) atoms. The van der Waals surface area contributed by atoms with Crippen molar-refractivity contribution in [2.45, 2.75) is 58.7 Å². The summed E-state index contributed by atoms with van der Waals surface area (Å²) in [5.74, 6) is -0.161. The first kappa shape index (κ1) is 16.4. The molecule has 0 radical (unpaired) electrons. The van der Waals surface area contributed by atoms with Crippen LogP contribution in [0.2, 0.25) is 0 Å². The molecule has 0 bridgehead atoms. The molecule has 1 aliphatic rings. The van der Waals surface area contributed by atoms with Crippen LogP contribution < -0.4 is 5.32 Å². The molecule has 1 saturated carbocycles. The zero-order chi connectivity index (χ0) is 15.5. The van der Waals surface area contributed by atoms with Crippen LogP contribution in [0.1, 0.15) is 45.6 Å². The molecular formula is C18H29FN2. The second-order valence-electron chi connectivity index (χ2n) is 7.03. The Morgan fingerprint density at radius 2 is 1.95 bits per heavy atom. The van der Waals surface area contributed by atoms with Crippen LogP contribution in [0.15, 0.2) is 24.3 Å². The van der Waals surface area contributed by atoms with E-state index in [4.69, 9.17) is 0 Å². The second-order valence-corrected chi connectivity index (χ2v) is 7.03. The van der Waals surface area contributed by atoms with E-state index >= 15 is 0 Å². The van der Waals surface area contributed by atoms with Crippen LogP contribution in [-0.2, 0) is 6.54 Å². The van der Waals surface area contributed by atoms with Crippen molar-refractivity contribution in [3.05, 3.63) is 35.6 Å². The van der Waals surface area contributed by atoms with Gasteiger partial charge in [-0.2, -0.15) is 0 Å². The Kier molecular flexibility index (Phi) is 5.39. The maximum atomic E-state index is 13.0. The summed E-state index contributed by atoms with van der Waals surface area (Å²) in [5, 5.41) is 3.70. The van der Waals surface area contributed by atoms with Gasteiger partial charge >= 0.3 is 0 Å². The molecule has 0 aliphatic heterocycles. The van der Waals surface area contributed by atoms with Crippen LogP contribution in [0.4, 0.5) is 4.39 Å². The summed E-state index contributed by atoms with van der Waals surface area (Å²) in [6.45, 7) is 8.82. The number of benzene rings is 1. The molecule has 0 saturated heterocycles. The van der Waals surface area contributed by atoms with E-state index in [2.05, 4.69) is 38.0 Å². The van der Waals surface area contributed by atoms with Crippen LogP contribution >= 0.6 is 0 Å². The van der Waals surface area contributed by atoms with E-state index in [0.29, 0.717) is 17.5 Å². The van der Waals surface area contributed by atoms with Crippen LogP contribution in [0.3, 0.4) is 0 Å². The fourth-order valence-corrected chi connectivity index (χ4v) is 3.71. The van der Waals surface area contributed by atoms with Gasteiger partial charge in [-0.15, -0.1) is 0 Å². The fraction of sp³-hybridized carbons (Fsp3) is 0.667. The Morgan fingerprint density at radius 1 is 1.29 bits per heavy atom.